The van der Waals surface area contributed by atoms with Crippen LogP contribution in [0.5, 0.6) is 0 Å². The van der Waals surface area contributed by atoms with Crippen molar-refractivity contribution in [2.45, 2.75) is 70.4 Å². The topological polar surface area (TPSA) is 55.7 Å². The SMILES string of the molecule is CC(CCCCCc1nc2ccccc2[nH]1)N1CCCCC1c1ccc(C#N)cc1. The number of H-pyrrole nitrogens is 1. The van der Waals surface area contributed by atoms with E-state index in [2.05, 4.69) is 53.2 Å². The van der Waals surface area contributed by atoms with E-state index in [1.807, 2.05) is 18.2 Å². The molecule has 4 rings (SSSR count). The molecule has 1 fully saturated rings. The van der Waals surface area contributed by atoms with Crippen molar-refractivity contribution in [3.63, 3.8) is 0 Å². The van der Waals surface area contributed by atoms with Gasteiger partial charge in [-0.25, -0.2) is 4.98 Å². The maximum Gasteiger partial charge on any atom is 0.107 e. The zero-order valence-corrected chi connectivity index (χ0v) is 18.0. The third kappa shape index (κ3) is 4.91. The Kier molecular flexibility index (Phi) is 6.81. The van der Waals surface area contributed by atoms with Crippen molar-refractivity contribution in [3.8, 4) is 6.07 Å². The number of aromatic nitrogens is 2. The van der Waals surface area contributed by atoms with Gasteiger partial charge in [0.15, 0.2) is 0 Å². The summed E-state index contributed by atoms with van der Waals surface area (Å²) >= 11 is 0. The first-order valence-electron chi connectivity index (χ1n) is 11.4. The summed E-state index contributed by atoms with van der Waals surface area (Å²) in [4.78, 5) is 10.8. The molecular formula is C26H32N4. The maximum absolute atomic E-state index is 9.06. The molecule has 0 spiro atoms. The number of nitrogens with zero attached hydrogens (tertiary/aromatic N) is 3. The molecule has 3 aromatic rings. The fourth-order valence-corrected chi connectivity index (χ4v) is 4.82. The fourth-order valence-electron chi connectivity index (χ4n) is 4.82. The maximum atomic E-state index is 9.06. The number of benzene rings is 2. The third-order valence-corrected chi connectivity index (χ3v) is 6.51. The minimum atomic E-state index is 0.497. The molecule has 0 aliphatic carbocycles. The number of aromatic amines is 1. The average molecular weight is 401 g/mol. The Balaban J connectivity index is 1.25. The summed E-state index contributed by atoms with van der Waals surface area (Å²) in [5, 5.41) is 9.06. The number of rotatable bonds is 8. The highest BCUT2D eigenvalue weighted by Gasteiger charge is 2.27. The number of likely N-dealkylation sites (tertiary alicyclic amines) is 1. The number of aryl methyl sites for hydroxylation is 1. The number of unbranched alkanes of at least 4 members (excludes halogenated alkanes) is 2. The molecule has 30 heavy (non-hydrogen) atoms. The van der Waals surface area contributed by atoms with Gasteiger partial charge >= 0.3 is 0 Å². The molecular weight excluding hydrogens is 368 g/mol. The fraction of sp³-hybridized carbons (Fsp3) is 0.462. The average Bonchev–Trinajstić information content (AvgIpc) is 3.21. The van der Waals surface area contributed by atoms with Crippen LogP contribution in [-0.4, -0.2) is 27.5 Å². The molecule has 2 unspecified atom stereocenters. The molecule has 0 amide bonds. The van der Waals surface area contributed by atoms with Crippen LogP contribution in [0.3, 0.4) is 0 Å². The molecule has 1 saturated heterocycles. The van der Waals surface area contributed by atoms with Crippen molar-refractivity contribution in [2.24, 2.45) is 0 Å². The Bertz CT molecular complexity index is 949. The minimum Gasteiger partial charge on any atom is -0.342 e. The zero-order valence-electron chi connectivity index (χ0n) is 18.0. The van der Waals surface area contributed by atoms with E-state index < -0.39 is 0 Å². The van der Waals surface area contributed by atoms with Gasteiger partial charge in [0, 0.05) is 18.5 Å². The lowest BCUT2D eigenvalue weighted by Crippen LogP contribution is -2.40. The molecule has 2 atom stereocenters. The van der Waals surface area contributed by atoms with Gasteiger partial charge in [-0.3, -0.25) is 4.90 Å². The second-order valence-corrected chi connectivity index (χ2v) is 8.63. The largest absolute Gasteiger partial charge is 0.342 e. The van der Waals surface area contributed by atoms with Gasteiger partial charge in [0.1, 0.15) is 5.82 Å². The monoisotopic (exact) mass is 400 g/mol. The second-order valence-electron chi connectivity index (χ2n) is 8.63. The van der Waals surface area contributed by atoms with Crippen LogP contribution < -0.4 is 0 Å². The van der Waals surface area contributed by atoms with Gasteiger partial charge in [-0.05, 0) is 69.0 Å². The number of fused-ring (bicyclic) bond motifs is 1. The molecule has 156 valence electrons. The molecule has 0 bridgehead atoms. The second kappa shape index (κ2) is 9.91. The van der Waals surface area contributed by atoms with Crippen LogP contribution in [0.2, 0.25) is 0 Å². The summed E-state index contributed by atoms with van der Waals surface area (Å²) in [5.41, 5.74) is 4.32. The van der Waals surface area contributed by atoms with Crippen molar-refractivity contribution < 1.29 is 0 Å². The Morgan fingerprint density at radius 1 is 1.10 bits per heavy atom. The standard InChI is InChI=1S/C26H32N4/c1-20(9-3-2-4-13-26-28-23-10-5-6-11-24(23)29-26)30-18-8-7-12-25(30)22-16-14-21(19-27)15-17-22/h5-6,10-11,14-17,20,25H,2-4,7-9,12-13,18H2,1H3,(H,28,29). The molecule has 2 heterocycles. The number of hydrogen-bond acceptors (Lipinski definition) is 3. The summed E-state index contributed by atoms with van der Waals surface area (Å²) in [6.07, 6.45) is 9.78. The lowest BCUT2D eigenvalue weighted by atomic mass is 9.92. The molecule has 1 aromatic heterocycles. The summed E-state index contributed by atoms with van der Waals surface area (Å²) in [6, 6.07) is 19.8. The third-order valence-electron chi connectivity index (χ3n) is 6.51. The van der Waals surface area contributed by atoms with E-state index in [-0.39, 0.29) is 0 Å². The number of imidazole rings is 1. The van der Waals surface area contributed by atoms with E-state index in [4.69, 9.17) is 10.2 Å². The number of nitrogens with one attached hydrogen (secondary N) is 1. The minimum absolute atomic E-state index is 0.497. The van der Waals surface area contributed by atoms with E-state index in [1.165, 1.54) is 57.1 Å². The van der Waals surface area contributed by atoms with E-state index in [0.29, 0.717) is 12.1 Å². The number of nitriles is 1. The molecule has 1 N–H and O–H groups in total. The van der Waals surface area contributed by atoms with Gasteiger partial charge < -0.3 is 4.98 Å². The van der Waals surface area contributed by atoms with Crippen molar-refractivity contribution >= 4 is 11.0 Å². The van der Waals surface area contributed by atoms with Crippen LogP contribution in [0.4, 0.5) is 0 Å². The van der Waals surface area contributed by atoms with Gasteiger partial charge in [-0.2, -0.15) is 5.26 Å². The summed E-state index contributed by atoms with van der Waals surface area (Å²) < 4.78 is 0. The van der Waals surface area contributed by atoms with Crippen LogP contribution in [0, 0.1) is 11.3 Å². The summed E-state index contributed by atoms with van der Waals surface area (Å²) in [7, 11) is 0. The highest BCUT2D eigenvalue weighted by atomic mass is 15.2. The van der Waals surface area contributed by atoms with Crippen LogP contribution >= 0.6 is 0 Å². The summed E-state index contributed by atoms with van der Waals surface area (Å²) in [6.45, 7) is 3.58. The quantitative estimate of drug-likeness (QED) is 0.461. The van der Waals surface area contributed by atoms with Crippen molar-refractivity contribution in [1.29, 1.82) is 5.26 Å². The van der Waals surface area contributed by atoms with Crippen molar-refractivity contribution in [3.05, 3.63) is 65.5 Å². The molecule has 0 radical (unpaired) electrons. The van der Waals surface area contributed by atoms with Crippen LogP contribution in [-0.2, 0) is 6.42 Å². The molecule has 2 aromatic carbocycles. The first kappa shape index (κ1) is 20.6. The van der Waals surface area contributed by atoms with E-state index >= 15 is 0 Å². The Hall–Kier alpha value is -2.64. The van der Waals surface area contributed by atoms with Gasteiger partial charge in [0.2, 0.25) is 0 Å². The predicted molar refractivity (Wildman–Crippen MR) is 122 cm³/mol. The van der Waals surface area contributed by atoms with Gasteiger partial charge in [-0.1, -0.05) is 43.5 Å². The smallest absolute Gasteiger partial charge is 0.107 e. The molecule has 1 aliphatic rings. The number of piperidine rings is 1. The van der Waals surface area contributed by atoms with Gasteiger partial charge in [-0.15, -0.1) is 0 Å². The lowest BCUT2D eigenvalue weighted by molar-refractivity contribution is 0.0965. The van der Waals surface area contributed by atoms with Crippen molar-refractivity contribution in [1.82, 2.24) is 14.9 Å². The first-order chi connectivity index (χ1) is 14.7. The zero-order chi connectivity index (χ0) is 20.8. The van der Waals surface area contributed by atoms with Crippen LogP contribution in [0.25, 0.3) is 11.0 Å². The molecule has 4 heteroatoms. The van der Waals surface area contributed by atoms with Crippen molar-refractivity contribution in [2.75, 3.05) is 6.54 Å². The summed E-state index contributed by atoms with van der Waals surface area (Å²) in [5.74, 6) is 1.11. The Labute approximate surface area is 179 Å². The molecule has 4 nitrogen and oxygen atoms in total. The number of hydrogen-bond donors (Lipinski definition) is 1. The lowest BCUT2D eigenvalue weighted by Gasteiger charge is -2.40. The van der Waals surface area contributed by atoms with E-state index in [9.17, 15) is 0 Å². The Morgan fingerprint density at radius 3 is 2.73 bits per heavy atom. The van der Waals surface area contributed by atoms with E-state index in [0.717, 1.165) is 28.8 Å². The van der Waals surface area contributed by atoms with Crippen LogP contribution in [0.1, 0.15) is 74.9 Å². The number of para-hydroxylation sites is 2. The highest BCUT2D eigenvalue weighted by Crippen LogP contribution is 2.33. The first-order valence-corrected chi connectivity index (χ1v) is 11.4. The normalized spacial score (nSPS) is 18.3. The highest BCUT2D eigenvalue weighted by molar-refractivity contribution is 5.74. The molecule has 0 saturated carbocycles. The van der Waals surface area contributed by atoms with E-state index in [1.54, 1.807) is 0 Å². The predicted octanol–water partition coefficient (Wildman–Crippen LogP) is 6.15. The van der Waals surface area contributed by atoms with Crippen LogP contribution in [0.15, 0.2) is 48.5 Å². The molecule has 1 aliphatic heterocycles. The van der Waals surface area contributed by atoms with Gasteiger partial charge in [0.05, 0.1) is 22.7 Å². The van der Waals surface area contributed by atoms with Gasteiger partial charge in [0.25, 0.3) is 0 Å². The Morgan fingerprint density at radius 2 is 1.93 bits per heavy atom.